The zero-order valence-electron chi connectivity index (χ0n) is 16.1. The second-order valence-corrected chi connectivity index (χ2v) is 7.77. The fourth-order valence-corrected chi connectivity index (χ4v) is 3.55. The molecule has 0 fully saturated rings. The average Bonchev–Trinajstić information content (AvgIpc) is 2.70. The maximum absolute atomic E-state index is 13.0. The van der Waals surface area contributed by atoms with Crippen LogP contribution in [-0.2, 0) is 19.7 Å². The molecule has 0 radical (unpaired) electrons. The Labute approximate surface area is 183 Å². The van der Waals surface area contributed by atoms with Crippen molar-refractivity contribution in [1.82, 2.24) is 5.32 Å². The summed E-state index contributed by atoms with van der Waals surface area (Å²) < 4.78 is 25.6. The molecule has 3 aromatic carbocycles. The predicted octanol–water partition coefficient (Wildman–Crippen LogP) is 6.51. The van der Waals surface area contributed by atoms with Gasteiger partial charge in [0, 0.05) is 18.1 Å². The Bertz CT molecular complexity index is 933. The van der Waals surface area contributed by atoms with E-state index < -0.39 is 0 Å². The van der Waals surface area contributed by atoms with Gasteiger partial charge in [0.15, 0.2) is 11.5 Å². The van der Waals surface area contributed by atoms with Crippen LogP contribution < -0.4 is 14.8 Å². The maximum atomic E-state index is 13.0. The maximum Gasteiger partial charge on any atom is 0.175 e. The minimum atomic E-state index is -0.228. The third-order valence-electron chi connectivity index (χ3n) is 4.24. The summed E-state index contributed by atoms with van der Waals surface area (Å²) in [4.78, 5) is 0. The molecule has 0 spiro atoms. The van der Waals surface area contributed by atoms with Crippen molar-refractivity contribution < 1.29 is 13.9 Å². The minimum absolute atomic E-state index is 0.228. The van der Waals surface area contributed by atoms with Crippen LogP contribution in [0.5, 0.6) is 11.5 Å². The highest BCUT2D eigenvalue weighted by molar-refractivity contribution is 9.10. The second-order valence-electron chi connectivity index (χ2n) is 6.48. The van der Waals surface area contributed by atoms with E-state index in [1.54, 1.807) is 12.1 Å². The van der Waals surface area contributed by atoms with E-state index >= 15 is 0 Å². The normalized spacial score (nSPS) is 10.8. The first-order chi connectivity index (χ1) is 14.0. The summed E-state index contributed by atoms with van der Waals surface area (Å²) in [5, 5.41) is 4.06. The van der Waals surface area contributed by atoms with Gasteiger partial charge in [0.25, 0.3) is 0 Å². The molecule has 0 aliphatic heterocycles. The lowest BCUT2D eigenvalue weighted by Gasteiger charge is -2.16. The molecular formula is C23H22BrClFNO2. The van der Waals surface area contributed by atoms with Crippen LogP contribution in [0.2, 0.25) is 5.02 Å². The number of hydrogen-bond acceptors (Lipinski definition) is 3. The van der Waals surface area contributed by atoms with Gasteiger partial charge in [-0.3, -0.25) is 0 Å². The molecule has 152 valence electrons. The molecule has 6 heteroatoms. The summed E-state index contributed by atoms with van der Waals surface area (Å²) in [5.74, 6) is 1.13. The van der Waals surface area contributed by atoms with Crippen molar-refractivity contribution >= 4 is 27.5 Å². The molecule has 0 unspecified atom stereocenters. The molecule has 0 heterocycles. The fraction of sp³-hybridized carbons (Fsp3) is 0.217. The van der Waals surface area contributed by atoms with Gasteiger partial charge in [-0.15, -0.1) is 0 Å². The van der Waals surface area contributed by atoms with Gasteiger partial charge < -0.3 is 14.8 Å². The first-order valence-corrected chi connectivity index (χ1v) is 10.5. The largest absolute Gasteiger partial charge is 0.490 e. The summed E-state index contributed by atoms with van der Waals surface area (Å²) in [7, 11) is 0. The first-order valence-electron chi connectivity index (χ1n) is 9.32. The smallest absolute Gasteiger partial charge is 0.175 e. The average molecular weight is 479 g/mol. The van der Waals surface area contributed by atoms with E-state index in [1.165, 1.54) is 12.1 Å². The van der Waals surface area contributed by atoms with Gasteiger partial charge in [-0.1, -0.05) is 35.9 Å². The Morgan fingerprint density at radius 2 is 1.55 bits per heavy atom. The summed E-state index contributed by atoms with van der Waals surface area (Å²) in [6, 6.07) is 18.0. The van der Waals surface area contributed by atoms with Crippen molar-refractivity contribution in [1.29, 1.82) is 0 Å². The number of nitrogens with one attached hydrogen (secondary N) is 1. The summed E-state index contributed by atoms with van der Waals surface area (Å²) >= 11 is 9.54. The van der Waals surface area contributed by atoms with Gasteiger partial charge in [-0.05, 0) is 75.9 Å². The number of halogens is 3. The molecule has 0 bridgehead atoms. The Balaban J connectivity index is 1.66. The topological polar surface area (TPSA) is 30.5 Å². The van der Waals surface area contributed by atoms with Gasteiger partial charge in [-0.2, -0.15) is 0 Å². The second kappa shape index (κ2) is 10.6. The molecule has 3 aromatic rings. The number of hydrogen-bond donors (Lipinski definition) is 1. The number of benzene rings is 3. The molecule has 0 amide bonds. The third kappa shape index (κ3) is 6.46. The van der Waals surface area contributed by atoms with Gasteiger partial charge in [0.2, 0.25) is 0 Å². The van der Waals surface area contributed by atoms with Crippen LogP contribution in [0.3, 0.4) is 0 Å². The molecule has 0 saturated carbocycles. The highest BCUT2D eigenvalue weighted by atomic mass is 79.9. The van der Waals surface area contributed by atoms with E-state index in [2.05, 4.69) is 21.2 Å². The van der Waals surface area contributed by atoms with Crippen molar-refractivity contribution in [3.63, 3.8) is 0 Å². The predicted molar refractivity (Wildman–Crippen MR) is 118 cm³/mol. The zero-order chi connectivity index (χ0) is 20.6. The zero-order valence-corrected chi connectivity index (χ0v) is 18.4. The van der Waals surface area contributed by atoms with Gasteiger partial charge >= 0.3 is 0 Å². The lowest BCUT2D eigenvalue weighted by Crippen LogP contribution is -2.13. The van der Waals surface area contributed by atoms with Crippen molar-refractivity contribution in [2.24, 2.45) is 0 Å². The van der Waals surface area contributed by atoms with Crippen LogP contribution in [0.25, 0.3) is 0 Å². The van der Waals surface area contributed by atoms with Crippen LogP contribution in [0, 0.1) is 5.82 Å². The van der Waals surface area contributed by atoms with E-state index in [0.29, 0.717) is 42.8 Å². The molecule has 3 rings (SSSR count). The number of ether oxygens (including phenoxy) is 2. The fourth-order valence-electron chi connectivity index (χ4n) is 2.82. The van der Waals surface area contributed by atoms with Crippen LogP contribution in [-0.4, -0.2) is 6.61 Å². The molecule has 3 nitrogen and oxygen atoms in total. The van der Waals surface area contributed by atoms with Gasteiger partial charge in [0.05, 0.1) is 11.1 Å². The summed E-state index contributed by atoms with van der Waals surface area (Å²) in [5.41, 5.74) is 3.11. The van der Waals surface area contributed by atoms with Crippen molar-refractivity contribution in [3.8, 4) is 11.5 Å². The molecule has 29 heavy (non-hydrogen) atoms. The SMILES string of the molecule is CCOc1cc(CNCc2ccc(F)cc2)cc(Br)c1OCc1ccc(Cl)cc1. The van der Waals surface area contributed by atoms with E-state index in [4.69, 9.17) is 21.1 Å². The van der Waals surface area contributed by atoms with Crippen LogP contribution in [0.15, 0.2) is 65.1 Å². The molecule has 0 aliphatic carbocycles. The van der Waals surface area contributed by atoms with Gasteiger partial charge in [-0.25, -0.2) is 4.39 Å². The summed E-state index contributed by atoms with van der Waals surface area (Å²) in [6.07, 6.45) is 0. The highest BCUT2D eigenvalue weighted by Crippen LogP contribution is 2.37. The molecule has 0 aromatic heterocycles. The Morgan fingerprint density at radius 1 is 0.897 bits per heavy atom. The molecule has 0 aliphatic rings. The quantitative estimate of drug-likeness (QED) is 0.380. The molecule has 1 N–H and O–H groups in total. The minimum Gasteiger partial charge on any atom is -0.490 e. The molecule has 0 saturated heterocycles. The monoisotopic (exact) mass is 477 g/mol. The Hall–Kier alpha value is -2.08. The standard InChI is InChI=1S/C23H22BrClFNO2/c1-2-28-22-12-18(14-27-13-16-5-9-20(26)10-6-16)11-21(24)23(22)29-15-17-3-7-19(25)8-4-17/h3-12,27H,2,13-15H2,1H3. The molecular weight excluding hydrogens is 457 g/mol. The van der Waals surface area contributed by atoms with E-state index in [-0.39, 0.29) is 5.82 Å². The Kier molecular flexibility index (Phi) is 7.92. The van der Waals surface area contributed by atoms with Crippen LogP contribution in [0.1, 0.15) is 23.6 Å². The third-order valence-corrected chi connectivity index (χ3v) is 5.08. The van der Waals surface area contributed by atoms with Crippen molar-refractivity contribution in [2.75, 3.05) is 6.61 Å². The van der Waals surface area contributed by atoms with Crippen LogP contribution >= 0.6 is 27.5 Å². The van der Waals surface area contributed by atoms with Crippen molar-refractivity contribution in [2.45, 2.75) is 26.6 Å². The lowest BCUT2D eigenvalue weighted by molar-refractivity contribution is 0.267. The van der Waals surface area contributed by atoms with Gasteiger partial charge in [0.1, 0.15) is 12.4 Å². The van der Waals surface area contributed by atoms with E-state index in [0.717, 1.165) is 21.2 Å². The van der Waals surface area contributed by atoms with E-state index in [1.807, 2.05) is 43.3 Å². The van der Waals surface area contributed by atoms with Crippen molar-refractivity contribution in [3.05, 3.63) is 92.7 Å². The van der Waals surface area contributed by atoms with E-state index in [9.17, 15) is 4.39 Å². The molecule has 0 atom stereocenters. The van der Waals surface area contributed by atoms with Crippen LogP contribution in [0.4, 0.5) is 4.39 Å². The first kappa shape index (κ1) is 21.6. The highest BCUT2D eigenvalue weighted by Gasteiger charge is 2.13. The number of rotatable bonds is 9. The summed E-state index contributed by atoms with van der Waals surface area (Å²) in [6.45, 7) is 4.19. The lowest BCUT2D eigenvalue weighted by atomic mass is 10.1. The Morgan fingerprint density at radius 3 is 2.24 bits per heavy atom.